The smallest absolute Gasteiger partial charge is 0.274 e. The van der Waals surface area contributed by atoms with Crippen LogP contribution < -0.4 is 5.73 Å². The monoisotopic (exact) mass is 210 g/mol. The predicted octanol–water partition coefficient (Wildman–Crippen LogP) is -0.147. The van der Waals surface area contributed by atoms with Crippen LogP contribution in [0.2, 0.25) is 0 Å². The molecule has 0 spiro atoms. The summed E-state index contributed by atoms with van der Waals surface area (Å²) in [7, 11) is 0. The second kappa shape index (κ2) is 3.90. The first-order valence-electron chi connectivity index (χ1n) is 4.88. The fraction of sp³-hybridized carbons (Fsp3) is 0.556. The van der Waals surface area contributed by atoms with E-state index in [9.17, 15) is 4.79 Å². The molecule has 1 atom stereocenters. The average Bonchev–Trinajstić information content (AvgIpc) is 2.63. The Morgan fingerprint density at radius 3 is 3.20 bits per heavy atom. The summed E-state index contributed by atoms with van der Waals surface area (Å²) < 4.78 is 5.35. The number of nitrogens with two attached hydrogens (primary N) is 1. The molecular formula is C9H14N4O2. The lowest BCUT2D eigenvalue weighted by Crippen LogP contribution is -2.44. The van der Waals surface area contributed by atoms with E-state index >= 15 is 0 Å². The summed E-state index contributed by atoms with van der Waals surface area (Å²) in [5.41, 5.74) is 6.36. The Morgan fingerprint density at radius 1 is 1.80 bits per heavy atom. The molecule has 1 fully saturated rings. The van der Waals surface area contributed by atoms with Crippen molar-refractivity contribution in [2.45, 2.75) is 13.0 Å². The molecule has 1 amide bonds. The Hall–Kier alpha value is -1.56. The molecule has 1 aromatic rings. The minimum atomic E-state index is -0.111. The van der Waals surface area contributed by atoms with Crippen molar-refractivity contribution >= 4 is 11.6 Å². The molecule has 1 aromatic heterocycles. The Morgan fingerprint density at radius 2 is 2.60 bits per heavy atom. The number of ether oxygens (including phenoxy) is 1. The van der Waals surface area contributed by atoms with E-state index in [0.29, 0.717) is 31.1 Å². The van der Waals surface area contributed by atoms with Crippen LogP contribution in [0.15, 0.2) is 6.20 Å². The minimum absolute atomic E-state index is 0.0758. The van der Waals surface area contributed by atoms with Crippen molar-refractivity contribution in [3.63, 3.8) is 0 Å². The molecule has 2 heterocycles. The number of H-pyrrole nitrogens is 1. The number of carbonyl (C=O) groups excluding carboxylic acids is 1. The first-order valence-corrected chi connectivity index (χ1v) is 4.88. The molecule has 0 bridgehead atoms. The molecule has 0 aromatic carbocycles. The van der Waals surface area contributed by atoms with Gasteiger partial charge in [0.2, 0.25) is 0 Å². The zero-order valence-electron chi connectivity index (χ0n) is 8.56. The lowest BCUT2D eigenvalue weighted by Gasteiger charge is -2.30. The number of nitrogens with zero attached hydrogens (tertiary/aromatic N) is 2. The van der Waals surface area contributed by atoms with Gasteiger partial charge in [0.15, 0.2) is 0 Å². The number of hydrogen-bond acceptors (Lipinski definition) is 4. The van der Waals surface area contributed by atoms with E-state index in [1.165, 1.54) is 6.20 Å². The number of nitrogen functional groups attached to an aromatic ring is 1. The molecule has 1 aliphatic heterocycles. The van der Waals surface area contributed by atoms with Crippen LogP contribution in [-0.4, -0.2) is 46.8 Å². The van der Waals surface area contributed by atoms with Gasteiger partial charge in [0, 0.05) is 13.1 Å². The largest absolute Gasteiger partial charge is 0.396 e. The standard InChI is InChI=1S/C9H14N4O2/c1-6-5-13(2-3-15-6)9(14)8-7(10)4-11-12-8/h4,6H,2-3,5,10H2,1H3,(H,11,12). The van der Waals surface area contributed by atoms with E-state index in [1.807, 2.05) is 6.92 Å². The highest BCUT2D eigenvalue weighted by Gasteiger charge is 2.24. The minimum Gasteiger partial charge on any atom is -0.396 e. The van der Waals surface area contributed by atoms with Gasteiger partial charge in [-0.2, -0.15) is 5.10 Å². The molecular weight excluding hydrogens is 196 g/mol. The molecule has 1 unspecified atom stereocenters. The maximum atomic E-state index is 11.9. The van der Waals surface area contributed by atoms with Crippen LogP contribution in [-0.2, 0) is 4.74 Å². The van der Waals surface area contributed by atoms with E-state index in [0.717, 1.165) is 0 Å². The molecule has 2 rings (SSSR count). The van der Waals surface area contributed by atoms with E-state index in [2.05, 4.69) is 10.2 Å². The van der Waals surface area contributed by atoms with Crippen molar-refractivity contribution in [1.82, 2.24) is 15.1 Å². The first-order chi connectivity index (χ1) is 7.18. The molecule has 82 valence electrons. The van der Waals surface area contributed by atoms with Crippen LogP contribution in [0, 0.1) is 0 Å². The fourth-order valence-electron chi connectivity index (χ4n) is 1.63. The molecule has 0 saturated carbocycles. The van der Waals surface area contributed by atoms with Crippen LogP contribution >= 0.6 is 0 Å². The third kappa shape index (κ3) is 1.94. The second-order valence-corrected chi connectivity index (χ2v) is 3.63. The van der Waals surface area contributed by atoms with Gasteiger partial charge < -0.3 is 15.4 Å². The van der Waals surface area contributed by atoms with E-state index in [4.69, 9.17) is 10.5 Å². The average molecular weight is 210 g/mol. The number of amides is 1. The summed E-state index contributed by atoms with van der Waals surface area (Å²) >= 11 is 0. The number of aromatic nitrogens is 2. The fourth-order valence-corrected chi connectivity index (χ4v) is 1.63. The SMILES string of the molecule is CC1CN(C(=O)c2[nH]ncc2N)CCO1. The van der Waals surface area contributed by atoms with Gasteiger partial charge in [-0.3, -0.25) is 9.89 Å². The van der Waals surface area contributed by atoms with Gasteiger partial charge in [0.25, 0.3) is 5.91 Å². The van der Waals surface area contributed by atoms with Crippen LogP contribution in [0.3, 0.4) is 0 Å². The summed E-state index contributed by atoms with van der Waals surface area (Å²) in [6.07, 6.45) is 1.52. The van der Waals surface area contributed by atoms with Gasteiger partial charge >= 0.3 is 0 Å². The van der Waals surface area contributed by atoms with E-state index in [1.54, 1.807) is 4.90 Å². The van der Waals surface area contributed by atoms with Crippen molar-refractivity contribution in [1.29, 1.82) is 0 Å². The Labute approximate surface area is 87.4 Å². The van der Waals surface area contributed by atoms with Crippen LogP contribution in [0.4, 0.5) is 5.69 Å². The Bertz CT molecular complexity index is 363. The van der Waals surface area contributed by atoms with Crippen molar-refractivity contribution in [3.05, 3.63) is 11.9 Å². The molecule has 0 radical (unpaired) electrons. The first kappa shape index (κ1) is 9.97. The van der Waals surface area contributed by atoms with Gasteiger partial charge in [-0.05, 0) is 6.92 Å². The highest BCUT2D eigenvalue weighted by molar-refractivity contribution is 5.97. The third-order valence-corrected chi connectivity index (χ3v) is 2.41. The number of hydrogen-bond donors (Lipinski definition) is 2. The zero-order valence-corrected chi connectivity index (χ0v) is 8.56. The van der Waals surface area contributed by atoms with E-state index < -0.39 is 0 Å². The molecule has 0 aliphatic carbocycles. The number of aromatic amines is 1. The van der Waals surface area contributed by atoms with Crippen LogP contribution in [0.5, 0.6) is 0 Å². The maximum Gasteiger partial charge on any atom is 0.274 e. The van der Waals surface area contributed by atoms with Gasteiger partial charge in [0.1, 0.15) is 5.69 Å². The van der Waals surface area contributed by atoms with Crippen molar-refractivity contribution < 1.29 is 9.53 Å². The summed E-state index contributed by atoms with van der Waals surface area (Å²) in [6, 6.07) is 0. The quantitative estimate of drug-likeness (QED) is 0.675. The van der Waals surface area contributed by atoms with Gasteiger partial charge in [-0.15, -0.1) is 0 Å². The number of carbonyl (C=O) groups is 1. The van der Waals surface area contributed by atoms with Crippen LogP contribution in [0.1, 0.15) is 17.4 Å². The number of morpholine rings is 1. The molecule has 6 nitrogen and oxygen atoms in total. The lowest BCUT2D eigenvalue weighted by atomic mass is 10.2. The lowest BCUT2D eigenvalue weighted by molar-refractivity contribution is -0.0126. The summed E-state index contributed by atoms with van der Waals surface area (Å²) in [4.78, 5) is 13.7. The Balaban J connectivity index is 2.11. The number of rotatable bonds is 1. The predicted molar refractivity (Wildman–Crippen MR) is 54.3 cm³/mol. The second-order valence-electron chi connectivity index (χ2n) is 3.63. The van der Waals surface area contributed by atoms with Crippen molar-refractivity contribution in [3.8, 4) is 0 Å². The molecule has 1 aliphatic rings. The molecule has 3 N–H and O–H groups in total. The summed E-state index contributed by atoms with van der Waals surface area (Å²) in [5.74, 6) is -0.111. The normalized spacial score (nSPS) is 21.7. The zero-order chi connectivity index (χ0) is 10.8. The molecule has 6 heteroatoms. The highest BCUT2D eigenvalue weighted by Crippen LogP contribution is 2.12. The summed E-state index contributed by atoms with van der Waals surface area (Å²) in [6.45, 7) is 3.70. The topological polar surface area (TPSA) is 84.2 Å². The number of anilines is 1. The molecule has 15 heavy (non-hydrogen) atoms. The maximum absolute atomic E-state index is 11.9. The molecule has 1 saturated heterocycles. The highest BCUT2D eigenvalue weighted by atomic mass is 16.5. The van der Waals surface area contributed by atoms with Crippen molar-refractivity contribution in [2.75, 3.05) is 25.4 Å². The van der Waals surface area contributed by atoms with Crippen molar-refractivity contribution in [2.24, 2.45) is 0 Å². The van der Waals surface area contributed by atoms with Gasteiger partial charge in [-0.1, -0.05) is 0 Å². The van der Waals surface area contributed by atoms with Gasteiger partial charge in [0.05, 0.1) is 24.6 Å². The van der Waals surface area contributed by atoms with Crippen LogP contribution in [0.25, 0.3) is 0 Å². The third-order valence-electron chi connectivity index (χ3n) is 2.41. The van der Waals surface area contributed by atoms with E-state index in [-0.39, 0.29) is 12.0 Å². The number of nitrogens with one attached hydrogen (secondary N) is 1. The van der Waals surface area contributed by atoms with Gasteiger partial charge in [-0.25, -0.2) is 0 Å². The summed E-state index contributed by atoms with van der Waals surface area (Å²) in [5, 5.41) is 6.34. The Kier molecular flexibility index (Phi) is 2.59.